The molecule has 0 fully saturated rings. The highest BCUT2D eigenvalue weighted by Crippen LogP contribution is 2.37. The maximum absolute atomic E-state index is 6.27. The Morgan fingerprint density at radius 3 is 2.71 bits per heavy atom. The highest BCUT2D eigenvalue weighted by molar-refractivity contribution is 5.40. The molecule has 2 atom stereocenters. The molecule has 0 saturated heterocycles. The molecule has 0 radical (unpaired) electrons. The maximum Gasteiger partial charge on any atom is 0.124 e. The van der Waals surface area contributed by atoms with Crippen molar-refractivity contribution in [3.8, 4) is 5.75 Å². The van der Waals surface area contributed by atoms with Crippen molar-refractivity contribution in [1.82, 2.24) is 0 Å². The predicted octanol–water partition coefficient (Wildman–Crippen LogP) is 3.58. The summed E-state index contributed by atoms with van der Waals surface area (Å²) in [5.41, 5.74) is 8.70. The van der Waals surface area contributed by atoms with E-state index in [0.717, 1.165) is 25.0 Å². The van der Waals surface area contributed by atoms with E-state index < -0.39 is 0 Å². The number of benzene rings is 1. The number of aryl methyl sites for hydroxylation is 1. The van der Waals surface area contributed by atoms with Crippen molar-refractivity contribution in [2.24, 2.45) is 11.7 Å². The summed E-state index contributed by atoms with van der Waals surface area (Å²) in [4.78, 5) is 0. The zero-order chi connectivity index (χ0) is 12.4. The van der Waals surface area contributed by atoms with Crippen LogP contribution in [0.25, 0.3) is 0 Å². The lowest BCUT2D eigenvalue weighted by atomic mass is 9.87. The summed E-state index contributed by atoms with van der Waals surface area (Å²) in [5, 5.41) is 0. The molecule has 17 heavy (non-hydrogen) atoms. The second kappa shape index (κ2) is 5.09. The third-order valence-corrected chi connectivity index (χ3v) is 3.90. The van der Waals surface area contributed by atoms with Crippen molar-refractivity contribution in [1.29, 1.82) is 0 Å². The summed E-state index contributed by atoms with van der Waals surface area (Å²) in [6.45, 7) is 6.56. The van der Waals surface area contributed by atoms with Crippen molar-refractivity contribution in [2.45, 2.75) is 52.2 Å². The first-order valence-corrected chi connectivity index (χ1v) is 6.68. The second-order valence-electron chi connectivity index (χ2n) is 5.12. The van der Waals surface area contributed by atoms with Crippen LogP contribution in [0.1, 0.15) is 50.3 Å². The van der Waals surface area contributed by atoms with Crippen LogP contribution < -0.4 is 10.5 Å². The van der Waals surface area contributed by atoms with Gasteiger partial charge in [-0.1, -0.05) is 31.5 Å². The minimum Gasteiger partial charge on any atom is -0.490 e. The van der Waals surface area contributed by atoms with Crippen LogP contribution >= 0.6 is 0 Å². The molecule has 1 aliphatic rings. The van der Waals surface area contributed by atoms with E-state index in [9.17, 15) is 0 Å². The highest BCUT2D eigenvalue weighted by atomic mass is 16.5. The Morgan fingerprint density at radius 2 is 2.06 bits per heavy atom. The van der Waals surface area contributed by atoms with Crippen molar-refractivity contribution < 1.29 is 4.74 Å². The van der Waals surface area contributed by atoms with Gasteiger partial charge in [0.1, 0.15) is 11.9 Å². The number of hydrogen-bond acceptors (Lipinski definition) is 2. The van der Waals surface area contributed by atoms with E-state index in [4.69, 9.17) is 10.5 Å². The van der Waals surface area contributed by atoms with E-state index >= 15 is 0 Å². The van der Waals surface area contributed by atoms with E-state index in [-0.39, 0.29) is 12.1 Å². The lowest BCUT2D eigenvalue weighted by Crippen LogP contribution is -2.35. The lowest BCUT2D eigenvalue weighted by molar-refractivity contribution is 0.0944. The fourth-order valence-electron chi connectivity index (χ4n) is 2.76. The molecule has 0 aliphatic carbocycles. The van der Waals surface area contributed by atoms with Gasteiger partial charge < -0.3 is 10.5 Å². The molecule has 0 saturated carbocycles. The molecular formula is C15H23NO. The van der Waals surface area contributed by atoms with Gasteiger partial charge in [-0.15, -0.1) is 0 Å². The largest absolute Gasteiger partial charge is 0.490 e. The molecule has 2 unspecified atom stereocenters. The van der Waals surface area contributed by atoms with Gasteiger partial charge in [0.2, 0.25) is 0 Å². The second-order valence-corrected chi connectivity index (χ2v) is 5.12. The van der Waals surface area contributed by atoms with Crippen LogP contribution in [0, 0.1) is 12.8 Å². The van der Waals surface area contributed by atoms with Gasteiger partial charge in [-0.2, -0.15) is 0 Å². The number of rotatable bonds is 3. The molecule has 0 aromatic heterocycles. The van der Waals surface area contributed by atoms with Crippen LogP contribution in [-0.2, 0) is 0 Å². The smallest absolute Gasteiger partial charge is 0.124 e. The summed E-state index contributed by atoms with van der Waals surface area (Å²) < 4.78 is 6.12. The monoisotopic (exact) mass is 233 g/mol. The zero-order valence-electron chi connectivity index (χ0n) is 11.1. The summed E-state index contributed by atoms with van der Waals surface area (Å²) in [5.74, 6) is 1.61. The lowest BCUT2D eigenvalue weighted by Gasteiger charge is -2.34. The van der Waals surface area contributed by atoms with Gasteiger partial charge in [0.05, 0.1) is 0 Å². The van der Waals surface area contributed by atoms with Crippen LogP contribution in [0.5, 0.6) is 5.75 Å². The zero-order valence-corrected chi connectivity index (χ0v) is 11.1. The van der Waals surface area contributed by atoms with Crippen LogP contribution in [0.2, 0.25) is 0 Å². The van der Waals surface area contributed by atoms with Crippen molar-refractivity contribution in [3.63, 3.8) is 0 Å². The molecular weight excluding hydrogens is 210 g/mol. The fourth-order valence-corrected chi connectivity index (χ4v) is 2.76. The van der Waals surface area contributed by atoms with Gasteiger partial charge in [0.25, 0.3) is 0 Å². The summed E-state index contributed by atoms with van der Waals surface area (Å²) in [7, 11) is 0. The minimum atomic E-state index is 0.129. The van der Waals surface area contributed by atoms with Gasteiger partial charge in [-0.25, -0.2) is 0 Å². The average molecular weight is 233 g/mol. The van der Waals surface area contributed by atoms with Crippen LogP contribution in [0.4, 0.5) is 0 Å². The normalized spacial score (nSPS) is 23.4. The Bertz CT molecular complexity index is 385. The molecule has 2 heteroatoms. The Kier molecular flexibility index (Phi) is 3.72. The molecule has 1 aliphatic heterocycles. The van der Waals surface area contributed by atoms with Crippen LogP contribution in [0.15, 0.2) is 18.2 Å². The third-order valence-electron chi connectivity index (χ3n) is 3.90. The van der Waals surface area contributed by atoms with Gasteiger partial charge in [-0.3, -0.25) is 0 Å². The average Bonchev–Trinajstić information content (AvgIpc) is 2.32. The summed E-state index contributed by atoms with van der Waals surface area (Å²) >= 11 is 0. The molecule has 0 spiro atoms. The van der Waals surface area contributed by atoms with Crippen molar-refractivity contribution in [3.05, 3.63) is 29.3 Å². The van der Waals surface area contributed by atoms with Crippen LogP contribution in [-0.4, -0.2) is 6.10 Å². The van der Waals surface area contributed by atoms with Crippen molar-refractivity contribution in [2.75, 3.05) is 0 Å². The van der Waals surface area contributed by atoms with E-state index in [1.807, 2.05) is 0 Å². The molecule has 0 bridgehead atoms. The van der Waals surface area contributed by atoms with Crippen molar-refractivity contribution >= 4 is 0 Å². The number of nitrogens with two attached hydrogens (primary N) is 1. The topological polar surface area (TPSA) is 35.2 Å². The molecule has 1 heterocycles. The van der Waals surface area contributed by atoms with Gasteiger partial charge in [-0.05, 0) is 31.7 Å². The first-order chi connectivity index (χ1) is 8.15. The molecule has 2 nitrogen and oxygen atoms in total. The Morgan fingerprint density at radius 1 is 1.35 bits per heavy atom. The Hall–Kier alpha value is -1.02. The summed E-state index contributed by atoms with van der Waals surface area (Å²) in [6.07, 6.45) is 3.56. The predicted molar refractivity (Wildman–Crippen MR) is 71.2 cm³/mol. The van der Waals surface area contributed by atoms with E-state index in [1.54, 1.807) is 0 Å². The minimum absolute atomic E-state index is 0.129. The molecule has 1 aromatic carbocycles. The van der Waals surface area contributed by atoms with Gasteiger partial charge in [0.15, 0.2) is 0 Å². The summed E-state index contributed by atoms with van der Waals surface area (Å²) in [6, 6.07) is 6.45. The number of fused-ring (bicyclic) bond motifs is 1. The van der Waals surface area contributed by atoms with E-state index in [0.29, 0.717) is 5.92 Å². The Labute approximate surface area is 104 Å². The van der Waals surface area contributed by atoms with Gasteiger partial charge in [0, 0.05) is 18.0 Å². The Balaban J connectivity index is 2.24. The first kappa shape index (κ1) is 12.4. The van der Waals surface area contributed by atoms with Crippen LogP contribution in [0.3, 0.4) is 0 Å². The SMILES string of the molecule is CCC(CC)C1CC(N)c2cc(C)ccc2O1. The standard InChI is InChI=1S/C15H23NO/c1-4-11(5-2)15-9-13(16)12-8-10(3)6-7-14(12)17-15/h6-8,11,13,15H,4-5,9,16H2,1-3H3. The first-order valence-electron chi connectivity index (χ1n) is 6.68. The fraction of sp³-hybridized carbons (Fsp3) is 0.600. The quantitative estimate of drug-likeness (QED) is 0.866. The molecule has 0 amide bonds. The number of ether oxygens (including phenoxy) is 1. The highest BCUT2D eigenvalue weighted by Gasteiger charge is 2.30. The molecule has 2 N–H and O–H groups in total. The maximum atomic E-state index is 6.27. The third kappa shape index (κ3) is 2.47. The molecule has 2 rings (SSSR count). The van der Waals surface area contributed by atoms with E-state index in [2.05, 4.69) is 39.0 Å². The number of hydrogen-bond donors (Lipinski definition) is 1. The molecule has 94 valence electrons. The molecule has 1 aromatic rings. The van der Waals surface area contributed by atoms with Gasteiger partial charge >= 0.3 is 0 Å². The van der Waals surface area contributed by atoms with E-state index in [1.165, 1.54) is 11.1 Å².